The van der Waals surface area contributed by atoms with E-state index in [9.17, 15) is 4.79 Å². The lowest BCUT2D eigenvalue weighted by Gasteiger charge is -2.05. The fourth-order valence-corrected chi connectivity index (χ4v) is 2.38. The van der Waals surface area contributed by atoms with E-state index in [0.717, 1.165) is 5.69 Å². The number of carbonyl (C=O) groups excluding carboxylic acids is 1. The summed E-state index contributed by atoms with van der Waals surface area (Å²) in [6.45, 7) is 4.84. The minimum absolute atomic E-state index is 0.122. The quantitative estimate of drug-likeness (QED) is 0.787. The van der Waals surface area contributed by atoms with Crippen molar-refractivity contribution >= 4 is 11.6 Å². The van der Waals surface area contributed by atoms with Crippen molar-refractivity contribution in [3.05, 3.63) is 65.7 Å². The normalized spacial score (nSPS) is 10.7. The summed E-state index contributed by atoms with van der Waals surface area (Å²) in [6, 6.07) is 10.1. The maximum atomic E-state index is 12.0. The van der Waals surface area contributed by atoms with Crippen LogP contribution in [0.15, 0.2) is 48.9 Å². The van der Waals surface area contributed by atoms with Gasteiger partial charge in [0, 0.05) is 12.4 Å². The summed E-state index contributed by atoms with van der Waals surface area (Å²) in [5, 5.41) is 11.3. The highest BCUT2D eigenvalue weighted by Gasteiger charge is 2.07. The Morgan fingerprint density at radius 1 is 1.17 bits per heavy atom. The van der Waals surface area contributed by atoms with E-state index >= 15 is 0 Å². The number of hydrogen-bond acceptors (Lipinski definition) is 3. The van der Waals surface area contributed by atoms with Gasteiger partial charge in [0.2, 0.25) is 5.91 Å². The lowest BCUT2D eigenvalue weighted by Crippen LogP contribution is -2.18. The molecule has 0 saturated carbocycles. The third-order valence-corrected chi connectivity index (χ3v) is 3.59. The molecule has 0 unspecified atom stereocenters. The van der Waals surface area contributed by atoms with Crippen LogP contribution in [-0.2, 0) is 17.9 Å². The molecule has 3 rings (SSSR count). The van der Waals surface area contributed by atoms with Crippen molar-refractivity contribution in [1.82, 2.24) is 19.6 Å². The lowest BCUT2D eigenvalue weighted by molar-refractivity contribution is -0.116. The first kappa shape index (κ1) is 15.0. The van der Waals surface area contributed by atoms with Crippen molar-refractivity contribution in [1.29, 1.82) is 0 Å². The molecule has 2 heterocycles. The second-order valence-electron chi connectivity index (χ2n) is 5.56. The van der Waals surface area contributed by atoms with Gasteiger partial charge in [-0.15, -0.1) is 0 Å². The molecular weight excluding hydrogens is 290 g/mol. The summed E-state index contributed by atoms with van der Waals surface area (Å²) in [4.78, 5) is 12.0. The third kappa shape index (κ3) is 3.85. The number of amides is 1. The van der Waals surface area contributed by atoms with Crippen LogP contribution in [0.4, 0.5) is 5.69 Å². The average molecular weight is 309 g/mol. The molecule has 118 valence electrons. The van der Waals surface area contributed by atoms with Gasteiger partial charge in [-0.2, -0.15) is 10.2 Å². The fourth-order valence-electron chi connectivity index (χ4n) is 2.38. The maximum Gasteiger partial charge on any atom is 0.246 e. The fraction of sp³-hybridized carbons (Fsp3) is 0.235. The number of rotatable bonds is 5. The van der Waals surface area contributed by atoms with Gasteiger partial charge < -0.3 is 5.32 Å². The first-order chi connectivity index (χ1) is 11.1. The zero-order chi connectivity index (χ0) is 16.2. The second-order valence-corrected chi connectivity index (χ2v) is 5.56. The molecule has 1 amide bonds. The van der Waals surface area contributed by atoms with Gasteiger partial charge in [-0.25, -0.2) is 0 Å². The van der Waals surface area contributed by atoms with Crippen LogP contribution in [0.2, 0.25) is 0 Å². The van der Waals surface area contributed by atoms with Gasteiger partial charge in [-0.1, -0.05) is 24.3 Å². The number of aromatic nitrogens is 4. The van der Waals surface area contributed by atoms with Gasteiger partial charge in [0.25, 0.3) is 0 Å². The largest absolute Gasteiger partial charge is 0.322 e. The maximum absolute atomic E-state index is 12.0. The van der Waals surface area contributed by atoms with E-state index in [2.05, 4.69) is 34.6 Å². The van der Waals surface area contributed by atoms with E-state index in [1.54, 1.807) is 17.1 Å². The minimum atomic E-state index is -0.122. The highest BCUT2D eigenvalue weighted by molar-refractivity contribution is 5.90. The van der Waals surface area contributed by atoms with Crippen LogP contribution in [0.5, 0.6) is 0 Å². The molecule has 23 heavy (non-hydrogen) atoms. The van der Waals surface area contributed by atoms with Gasteiger partial charge in [-0.3, -0.25) is 14.2 Å². The predicted molar refractivity (Wildman–Crippen MR) is 88.1 cm³/mol. The molecule has 0 fully saturated rings. The standard InChI is InChI=1S/C17H19N5O/c1-13-5-3-4-6-15(13)10-22-11-16(9-18-22)19-17(23)12-21-8-7-14(2)20-21/h3-9,11H,10,12H2,1-2H3,(H,19,23). The van der Waals surface area contributed by atoms with Crippen LogP contribution in [0.3, 0.4) is 0 Å². The summed E-state index contributed by atoms with van der Waals surface area (Å²) in [7, 11) is 0. The molecule has 0 bridgehead atoms. The molecule has 0 radical (unpaired) electrons. The molecule has 6 heteroatoms. The van der Waals surface area contributed by atoms with Crippen LogP contribution in [0, 0.1) is 13.8 Å². The molecule has 0 saturated heterocycles. The van der Waals surface area contributed by atoms with Crippen LogP contribution < -0.4 is 5.32 Å². The SMILES string of the molecule is Cc1ccn(CC(=O)Nc2cnn(Cc3ccccc3C)c2)n1. The van der Waals surface area contributed by atoms with Crippen LogP contribution in [0.25, 0.3) is 0 Å². The summed E-state index contributed by atoms with van der Waals surface area (Å²) in [5.74, 6) is -0.122. The predicted octanol–water partition coefficient (Wildman–Crippen LogP) is 2.38. The highest BCUT2D eigenvalue weighted by atomic mass is 16.2. The third-order valence-electron chi connectivity index (χ3n) is 3.59. The number of anilines is 1. The minimum Gasteiger partial charge on any atom is -0.322 e. The van der Waals surface area contributed by atoms with Crippen molar-refractivity contribution in [3.63, 3.8) is 0 Å². The van der Waals surface area contributed by atoms with E-state index in [-0.39, 0.29) is 12.5 Å². The lowest BCUT2D eigenvalue weighted by atomic mass is 10.1. The first-order valence-corrected chi connectivity index (χ1v) is 7.47. The Labute approximate surface area is 134 Å². The summed E-state index contributed by atoms with van der Waals surface area (Å²) in [5.41, 5.74) is 4.01. The van der Waals surface area contributed by atoms with E-state index in [1.165, 1.54) is 11.1 Å². The first-order valence-electron chi connectivity index (χ1n) is 7.47. The number of hydrogen-bond donors (Lipinski definition) is 1. The van der Waals surface area contributed by atoms with Gasteiger partial charge in [0.05, 0.1) is 24.1 Å². The topological polar surface area (TPSA) is 64.7 Å². The number of carbonyl (C=O) groups is 1. The Balaban J connectivity index is 1.61. The smallest absolute Gasteiger partial charge is 0.246 e. The molecule has 1 N–H and O–H groups in total. The molecule has 0 aliphatic carbocycles. The average Bonchev–Trinajstić information content (AvgIpc) is 3.11. The van der Waals surface area contributed by atoms with E-state index in [1.807, 2.05) is 36.0 Å². The summed E-state index contributed by atoms with van der Waals surface area (Å²) >= 11 is 0. The Morgan fingerprint density at radius 2 is 2.00 bits per heavy atom. The highest BCUT2D eigenvalue weighted by Crippen LogP contribution is 2.11. The summed E-state index contributed by atoms with van der Waals surface area (Å²) < 4.78 is 3.43. The molecule has 0 aliphatic heterocycles. The molecule has 0 atom stereocenters. The molecule has 3 aromatic rings. The van der Waals surface area contributed by atoms with Crippen LogP contribution in [-0.4, -0.2) is 25.5 Å². The van der Waals surface area contributed by atoms with E-state index < -0.39 is 0 Å². The number of nitrogens with one attached hydrogen (secondary N) is 1. The molecule has 6 nitrogen and oxygen atoms in total. The van der Waals surface area contributed by atoms with Gasteiger partial charge in [0.1, 0.15) is 6.54 Å². The number of benzene rings is 1. The molecule has 0 spiro atoms. The van der Waals surface area contributed by atoms with Gasteiger partial charge in [0.15, 0.2) is 0 Å². The van der Waals surface area contributed by atoms with E-state index in [0.29, 0.717) is 12.2 Å². The van der Waals surface area contributed by atoms with Crippen LogP contribution >= 0.6 is 0 Å². The second kappa shape index (κ2) is 6.48. The Morgan fingerprint density at radius 3 is 2.74 bits per heavy atom. The molecule has 2 aromatic heterocycles. The Bertz CT molecular complexity index is 818. The molecule has 0 aliphatic rings. The zero-order valence-electron chi connectivity index (χ0n) is 13.2. The Hall–Kier alpha value is -2.89. The van der Waals surface area contributed by atoms with Crippen molar-refractivity contribution in [2.24, 2.45) is 0 Å². The van der Waals surface area contributed by atoms with Crippen molar-refractivity contribution in [3.8, 4) is 0 Å². The molecular formula is C17H19N5O. The van der Waals surface area contributed by atoms with Crippen LogP contribution in [0.1, 0.15) is 16.8 Å². The monoisotopic (exact) mass is 309 g/mol. The number of aryl methyl sites for hydroxylation is 2. The Kier molecular flexibility index (Phi) is 4.23. The van der Waals surface area contributed by atoms with Gasteiger partial charge in [-0.05, 0) is 31.0 Å². The van der Waals surface area contributed by atoms with Crippen molar-refractivity contribution in [2.75, 3.05) is 5.32 Å². The molecule has 1 aromatic carbocycles. The van der Waals surface area contributed by atoms with Crippen molar-refractivity contribution in [2.45, 2.75) is 26.9 Å². The van der Waals surface area contributed by atoms with E-state index in [4.69, 9.17) is 0 Å². The summed E-state index contributed by atoms with van der Waals surface area (Å²) in [6.07, 6.45) is 5.28. The van der Waals surface area contributed by atoms with Crippen molar-refractivity contribution < 1.29 is 4.79 Å². The van der Waals surface area contributed by atoms with Gasteiger partial charge >= 0.3 is 0 Å². The zero-order valence-corrected chi connectivity index (χ0v) is 13.2. The number of nitrogens with zero attached hydrogens (tertiary/aromatic N) is 4.